The van der Waals surface area contributed by atoms with Crippen LogP contribution in [-0.2, 0) is 11.0 Å². The topological polar surface area (TPSA) is 51.8 Å². The predicted molar refractivity (Wildman–Crippen MR) is 116 cm³/mol. The molecule has 2 aromatic heterocycles. The van der Waals surface area contributed by atoms with Gasteiger partial charge >= 0.3 is 0 Å². The van der Waals surface area contributed by atoms with Crippen LogP contribution in [0.25, 0.3) is 20.9 Å². The summed E-state index contributed by atoms with van der Waals surface area (Å²) >= 11 is 1.44. The number of rotatable bonds is 4. The lowest BCUT2D eigenvalue weighted by Crippen LogP contribution is -2.28. The van der Waals surface area contributed by atoms with E-state index in [2.05, 4.69) is 35.3 Å². The highest BCUT2D eigenvalue weighted by Crippen LogP contribution is 2.53. The number of thiazole rings is 1. The maximum Gasteiger partial charge on any atom is 0.144 e. The molecule has 0 atom stereocenters. The number of fused-ring (bicyclic) bond motifs is 1. The fourth-order valence-electron chi connectivity index (χ4n) is 3.86. The predicted octanol–water partition coefficient (Wildman–Crippen LogP) is 5.77. The lowest BCUT2D eigenvalue weighted by molar-refractivity contribution is 0.544. The van der Waals surface area contributed by atoms with E-state index in [4.69, 9.17) is 10.7 Å². The maximum atomic E-state index is 14.8. The third kappa shape index (κ3) is 3.15. The first kappa shape index (κ1) is 18.4. The lowest BCUT2D eigenvalue weighted by atomic mass is 9.92. The van der Waals surface area contributed by atoms with Crippen LogP contribution in [0.15, 0.2) is 60.7 Å². The fraction of sp³-hybridized carbons (Fsp3) is 0.250. The molecule has 0 radical (unpaired) electrons. The smallest absolute Gasteiger partial charge is 0.144 e. The number of halogens is 1. The molecule has 1 saturated carbocycles. The Morgan fingerprint density at radius 1 is 1.00 bits per heavy atom. The number of aromatic nitrogens is 2. The molecule has 5 rings (SSSR count). The van der Waals surface area contributed by atoms with E-state index >= 15 is 0 Å². The van der Waals surface area contributed by atoms with Crippen molar-refractivity contribution >= 4 is 21.7 Å². The molecule has 5 heteroatoms. The second-order valence-corrected chi connectivity index (χ2v) is 9.38. The molecule has 1 aliphatic rings. The Morgan fingerprint density at radius 2 is 1.76 bits per heavy atom. The number of pyridine rings is 1. The zero-order valence-electron chi connectivity index (χ0n) is 16.4. The molecule has 146 valence electrons. The number of hydrogen-bond donors (Lipinski definition) is 1. The van der Waals surface area contributed by atoms with Gasteiger partial charge in [-0.05, 0) is 62.1 Å². The Balaban J connectivity index is 1.54. The Bertz CT molecular complexity index is 1200. The molecule has 1 fully saturated rings. The number of nitrogens with zero attached hydrogens (tertiary/aromatic N) is 2. The van der Waals surface area contributed by atoms with Crippen LogP contribution in [0.5, 0.6) is 0 Å². The lowest BCUT2D eigenvalue weighted by Gasteiger charge is -2.19. The second kappa shape index (κ2) is 6.44. The molecular weight excluding hydrogens is 381 g/mol. The van der Waals surface area contributed by atoms with E-state index in [9.17, 15) is 4.39 Å². The van der Waals surface area contributed by atoms with Crippen molar-refractivity contribution in [1.29, 1.82) is 0 Å². The Morgan fingerprint density at radius 3 is 2.41 bits per heavy atom. The van der Waals surface area contributed by atoms with Crippen LogP contribution in [0.1, 0.15) is 43.5 Å². The van der Waals surface area contributed by atoms with E-state index in [1.54, 1.807) is 6.07 Å². The average molecular weight is 404 g/mol. The fourth-order valence-corrected chi connectivity index (χ4v) is 4.83. The van der Waals surface area contributed by atoms with Crippen LogP contribution >= 0.6 is 11.3 Å². The van der Waals surface area contributed by atoms with Gasteiger partial charge in [0.25, 0.3) is 0 Å². The van der Waals surface area contributed by atoms with Crippen LogP contribution in [-0.4, -0.2) is 9.97 Å². The van der Waals surface area contributed by atoms with Crippen LogP contribution in [0, 0.1) is 5.82 Å². The van der Waals surface area contributed by atoms with Gasteiger partial charge in [0.2, 0.25) is 0 Å². The highest BCUT2D eigenvalue weighted by molar-refractivity contribution is 7.21. The normalized spacial score (nSPS) is 15.6. The monoisotopic (exact) mass is 403 g/mol. The first-order chi connectivity index (χ1) is 13.9. The number of benzene rings is 2. The van der Waals surface area contributed by atoms with Gasteiger partial charge in [0, 0.05) is 16.5 Å². The van der Waals surface area contributed by atoms with Gasteiger partial charge in [-0.3, -0.25) is 0 Å². The van der Waals surface area contributed by atoms with Crippen molar-refractivity contribution in [3.63, 3.8) is 0 Å². The molecule has 1 aliphatic carbocycles. The summed E-state index contributed by atoms with van der Waals surface area (Å²) in [6.07, 6.45) is 2.21. The van der Waals surface area contributed by atoms with Crippen LogP contribution in [0.3, 0.4) is 0 Å². The van der Waals surface area contributed by atoms with Gasteiger partial charge in [-0.25, -0.2) is 14.4 Å². The van der Waals surface area contributed by atoms with E-state index in [0.29, 0.717) is 10.6 Å². The Hall–Kier alpha value is -2.63. The van der Waals surface area contributed by atoms with E-state index < -0.39 is 5.54 Å². The highest BCUT2D eigenvalue weighted by atomic mass is 32.1. The van der Waals surface area contributed by atoms with Gasteiger partial charge in [-0.15, -0.1) is 0 Å². The summed E-state index contributed by atoms with van der Waals surface area (Å²) in [5.74, 6) is -0.303. The molecule has 0 amide bonds. The molecule has 2 N–H and O–H groups in total. The minimum atomic E-state index is -0.584. The molecule has 3 nitrogen and oxygen atoms in total. The number of nitrogens with two attached hydrogens (primary N) is 1. The Labute approximate surface area is 173 Å². The molecule has 2 heterocycles. The summed E-state index contributed by atoms with van der Waals surface area (Å²) in [4.78, 5) is 10.4. The molecule has 0 unspecified atom stereocenters. The third-order valence-corrected chi connectivity index (χ3v) is 6.76. The minimum absolute atomic E-state index is 0.0131. The summed E-state index contributed by atoms with van der Waals surface area (Å²) in [6, 6.07) is 19.8. The van der Waals surface area contributed by atoms with Crippen LogP contribution in [0.4, 0.5) is 4.39 Å². The molecule has 0 bridgehead atoms. The Kier molecular flexibility index (Phi) is 4.09. The highest BCUT2D eigenvalue weighted by Gasteiger charge is 2.47. The van der Waals surface area contributed by atoms with E-state index in [0.717, 1.165) is 34.4 Å². The standard InChI is InChI=1S/C24H22FN3S/c1-23(2,26)16-8-9-17(18(25)14-16)21-27-19-10-11-20(28-22(19)29-21)24(12-13-24)15-6-4-3-5-7-15/h3-11,14H,12-13,26H2,1-2H3. The average Bonchev–Trinajstić information content (AvgIpc) is 3.41. The summed E-state index contributed by atoms with van der Waals surface area (Å²) in [5.41, 5.74) is 9.97. The first-order valence-corrected chi connectivity index (χ1v) is 10.6. The van der Waals surface area contributed by atoms with Gasteiger partial charge < -0.3 is 5.73 Å². The van der Waals surface area contributed by atoms with Gasteiger partial charge in [0.05, 0.1) is 5.69 Å². The van der Waals surface area contributed by atoms with Crippen molar-refractivity contribution in [1.82, 2.24) is 9.97 Å². The third-order valence-electron chi connectivity index (χ3n) is 5.77. The summed E-state index contributed by atoms with van der Waals surface area (Å²) in [5, 5.41) is 0.646. The molecule has 0 aliphatic heterocycles. The van der Waals surface area contributed by atoms with Gasteiger partial charge in [0.1, 0.15) is 21.2 Å². The largest absolute Gasteiger partial charge is 0.322 e. The zero-order chi connectivity index (χ0) is 20.2. The van der Waals surface area contributed by atoms with Crippen LogP contribution < -0.4 is 5.73 Å². The van der Waals surface area contributed by atoms with Gasteiger partial charge in [-0.1, -0.05) is 47.7 Å². The maximum absolute atomic E-state index is 14.8. The quantitative estimate of drug-likeness (QED) is 0.470. The van der Waals surface area contributed by atoms with Crippen molar-refractivity contribution in [2.24, 2.45) is 5.73 Å². The summed E-state index contributed by atoms with van der Waals surface area (Å²) < 4.78 is 14.8. The van der Waals surface area contributed by atoms with Crippen molar-refractivity contribution in [3.05, 3.63) is 83.3 Å². The summed E-state index contributed by atoms with van der Waals surface area (Å²) in [6.45, 7) is 3.73. The first-order valence-electron chi connectivity index (χ1n) is 9.80. The number of hydrogen-bond acceptors (Lipinski definition) is 4. The van der Waals surface area contributed by atoms with E-state index in [-0.39, 0.29) is 11.2 Å². The van der Waals surface area contributed by atoms with E-state index in [1.165, 1.54) is 23.0 Å². The van der Waals surface area contributed by atoms with Crippen molar-refractivity contribution < 1.29 is 4.39 Å². The SMILES string of the molecule is CC(C)(N)c1ccc(-c2nc3ccc(C4(c5ccccc5)CC4)nc3s2)c(F)c1. The summed E-state index contributed by atoms with van der Waals surface area (Å²) in [7, 11) is 0. The van der Waals surface area contributed by atoms with E-state index in [1.807, 2.05) is 32.0 Å². The second-order valence-electron chi connectivity index (χ2n) is 8.40. The van der Waals surface area contributed by atoms with Crippen molar-refractivity contribution in [3.8, 4) is 10.6 Å². The van der Waals surface area contributed by atoms with Gasteiger partial charge in [0.15, 0.2) is 0 Å². The van der Waals surface area contributed by atoms with Crippen molar-refractivity contribution in [2.45, 2.75) is 37.6 Å². The molecule has 2 aromatic carbocycles. The molecule has 4 aromatic rings. The molecule has 29 heavy (non-hydrogen) atoms. The zero-order valence-corrected chi connectivity index (χ0v) is 17.3. The molecule has 0 saturated heterocycles. The molecule has 0 spiro atoms. The van der Waals surface area contributed by atoms with Crippen LogP contribution in [0.2, 0.25) is 0 Å². The van der Waals surface area contributed by atoms with Crippen molar-refractivity contribution in [2.75, 3.05) is 0 Å². The molecular formula is C24H22FN3S. The van der Waals surface area contributed by atoms with Gasteiger partial charge in [-0.2, -0.15) is 0 Å². The minimum Gasteiger partial charge on any atom is -0.322 e.